The lowest BCUT2D eigenvalue weighted by atomic mass is 10.0. The molecule has 2 heterocycles. The Morgan fingerprint density at radius 1 is 1.33 bits per heavy atom. The van der Waals surface area contributed by atoms with Crippen molar-refractivity contribution in [1.82, 2.24) is 4.90 Å². The summed E-state index contributed by atoms with van der Waals surface area (Å²) in [7, 11) is 0. The monoisotopic (exact) mass is 171 g/mol. The molecule has 2 aliphatic rings. The maximum absolute atomic E-state index is 11.3. The number of hydrogen-bond acceptors (Lipinski definition) is 3. The van der Waals surface area contributed by atoms with E-state index in [1.54, 1.807) is 4.90 Å². The number of piperidine rings is 1. The van der Waals surface area contributed by atoms with E-state index in [2.05, 4.69) is 0 Å². The fourth-order valence-corrected chi connectivity index (χ4v) is 2.11. The van der Waals surface area contributed by atoms with Gasteiger partial charge < -0.3 is 15.1 Å². The molecule has 12 heavy (non-hydrogen) atoms. The van der Waals surface area contributed by atoms with Crippen molar-refractivity contribution in [2.24, 2.45) is 0 Å². The average molecular weight is 171 g/mol. The fraction of sp³-hybridized carbons (Fsp3) is 0.875. The maximum Gasteiger partial charge on any atom is 0.254 e. The lowest BCUT2D eigenvalue weighted by Crippen LogP contribution is -2.40. The molecule has 0 saturated carbocycles. The van der Waals surface area contributed by atoms with Crippen molar-refractivity contribution < 1.29 is 15.0 Å². The summed E-state index contributed by atoms with van der Waals surface area (Å²) in [4.78, 5) is 12.9. The molecule has 2 rings (SSSR count). The summed E-state index contributed by atoms with van der Waals surface area (Å²) >= 11 is 0. The van der Waals surface area contributed by atoms with E-state index < -0.39 is 12.2 Å². The fourth-order valence-electron chi connectivity index (χ4n) is 2.11. The molecule has 3 unspecified atom stereocenters. The van der Waals surface area contributed by atoms with Crippen LogP contribution >= 0.6 is 0 Å². The number of amides is 1. The van der Waals surface area contributed by atoms with Gasteiger partial charge in [-0.15, -0.1) is 0 Å². The van der Waals surface area contributed by atoms with E-state index in [0.29, 0.717) is 6.54 Å². The molecule has 0 spiro atoms. The normalized spacial score (nSPS) is 41.7. The van der Waals surface area contributed by atoms with Crippen LogP contribution in [0.3, 0.4) is 0 Å². The molecule has 0 aromatic heterocycles. The summed E-state index contributed by atoms with van der Waals surface area (Å²) in [5.41, 5.74) is 0. The molecule has 0 radical (unpaired) electrons. The van der Waals surface area contributed by atoms with Gasteiger partial charge in [0.15, 0.2) is 6.10 Å². The summed E-state index contributed by atoms with van der Waals surface area (Å²) in [6.07, 6.45) is 0.815. The molecular formula is C8H13NO3. The van der Waals surface area contributed by atoms with Crippen LogP contribution in [0.1, 0.15) is 19.3 Å². The van der Waals surface area contributed by atoms with Crippen LogP contribution in [-0.4, -0.2) is 45.8 Å². The third-order valence-corrected chi connectivity index (χ3v) is 2.80. The van der Waals surface area contributed by atoms with Gasteiger partial charge in [-0.05, 0) is 19.3 Å². The second kappa shape index (κ2) is 2.71. The molecule has 1 amide bonds. The molecule has 2 fully saturated rings. The molecule has 0 aliphatic carbocycles. The lowest BCUT2D eigenvalue weighted by molar-refractivity contribution is -0.136. The van der Waals surface area contributed by atoms with Gasteiger partial charge in [0, 0.05) is 6.54 Å². The van der Waals surface area contributed by atoms with Gasteiger partial charge in [0.05, 0.1) is 6.04 Å². The van der Waals surface area contributed by atoms with Crippen LogP contribution < -0.4 is 0 Å². The zero-order chi connectivity index (χ0) is 8.72. The number of carbonyl (C=O) groups excluding carboxylic acids is 1. The molecule has 4 heteroatoms. The highest BCUT2D eigenvalue weighted by Gasteiger charge is 2.46. The molecular weight excluding hydrogens is 158 g/mol. The molecule has 4 nitrogen and oxygen atoms in total. The number of fused-ring (bicyclic) bond motifs is 1. The summed E-state index contributed by atoms with van der Waals surface area (Å²) in [5.74, 6) is -0.299. The molecule has 0 aromatic rings. The number of rotatable bonds is 0. The van der Waals surface area contributed by atoms with Gasteiger partial charge in [0.25, 0.3) is 5.91 Å². The number of aliphatic hydroxyl groups is 2. The van der Waals surface area contributed by atoms with Crippen LogP contribution in [0.15, 0.2) is 0 Å². The zero-order valence-corrected chi connectivity index (χ0v) is 6.81. The van der Waals surface area contributed by atoms with Gasteiger partial charge in [-0.25, -0.2) is 0 Å². The van der Waals surface area contributed by atoms with Crippen molar-refractivity contribution in [3.05, 3.63) is 0 Å². The standard InChI is InChI=1S/C8H13NO3/c10-6-5-3-1-2-4-9(5)8(12)7(6)11/h5-7,10-11H,1-4H2. The van der Waals surface area contributed by atoms with Crippen molar-refractivity contribution in [1.29, 1.82) is 0 Å². The van der Waals surface area contributed by atoms with Crippen LogP contribution in [0, 0.1) is 0 Å². The SMILES string of the molecule is O=C1C(O)C(O)C2CCCCN12. The summed E-state index contributed by atoms with van der Waals surface area (Å²) in [5, 5.41) is 18.7. The van der Waals surface area contributed by atoms with E-state index in [4.69, 9.17) is 0 Å². The van der Waals surface area contributed by atoms with Crippen LogP contribution in [0.25, 0.3) is 0 Å². The quantitative estimate of drug-likeness (QED) is 0.496. The second-order valence-corrected chi connectivity index (χ2v) is 3.53. The van der Waals surface area contributed by atoms with Gasteiger partial charge >= 0.3 is 0 Å². The Kier molecular flexibility index (Phi) is 1.81. The first-order valence-electron chi connectivity index (χ1n) is 4.38. The highest BCUT2D eigenvalue weighted by Crippen LogP contribution is 2.28. The Bertz CT molecular complexity index is 206. The largest absolute Gasteiger partial charge is 0.388 e. The Morgan fingerprint density at radius 3 is 2.75 bits per heavy atom. The topological polar surface area (TPSA) is 60.8 Å². The van der Waals surface area contributed by atoms with Crippen LogP contribution in [0.2, 0.25) is 0 Å². The van der Waals surface area contributed by atoms with Crippen LogP contribution in [-0.2, 0) is 4.79 Å². The highest BCUT2D eigenvalue weighted by molar-refractivity contribution is 5.84. The molecule has 0 bridgehead atoms. The molecule has 68 valence electrons. The van der Waals surface area contributed by atoms with Gasteiger partial charge in [0.1, 0.15) is 6.10 Å². The first-order chi connectivity index (χ1) is 5.72. The Morgan fingerprint density at radius 2 is 2.08 bits per heavy atom. The van der Waals surface area contributed by atoms with Gasteiger partial charge in [-0.1, -0.05) is 0 Å². The van der Waals surface area contributed by atoms with Crippen molar-refractivity contribution >= 4 is 5.91 Å². The predicted octanol–water partition coefficient (Wildman–Crippen LogP) is -0.897. The van der Waals surface area contributed by atoms with Crippen molar-refractivity contribution in [3.63, 3.8) is 0 Å². The number of carbonyl (C=O) groups is 1. The van der Waals surface area contributed by atoms with Gasteiger partial charge in [-0.2, -0.15) is 0 Å². The maximum atomic E-state index is 11.3. The lowest BCUT2D eigenvalue weighted by Gasteiger charge is -2.30. The van der Waals surface area contributed by atoms with E-state index in [1.165, 1.54) is 0 Å². The van der Waals surface area contributed by atoms with E-state index in [-0.39, 0.29) is 11.9 Å². The summed E-state index contributed by atoms with van der Waals surface area (Å²) in [6, 6.07) is -0.124. The number of hydrogen-bond donors (Lipinski definition) is 2. The number of aliphatic hydroxyl groups excluding tert-OH is 2. The zero-order valence-electron chi connectivity index (χ0n) is 6.81. The Balaban J connectivity index is 2.19. The van der Waals surface area contributed by atoms with Crippen molar-refractivity contribution in [2.45, 2.75) is 37.5 Å². The minimum Gasteiger partial charge on any atom is -0.388 e. The number of nitrogens with zero attached hydrogens (tertiary/aromatic N) is 1. The van der Waals surface area contributed by atoms with Crippen LogP contribution in [0.5, 0.6) is 0 Å². The second-order valence-electron chi connectivity index (χ2n) is 3.53. The third kappa shape index (κ3) is 0.949. The predicted molar refractivity (Wildman–Crippen MR) is 41.4 cm³/mol. The molecule has 3 atom stereocenters. The minimum absolute atomic E-state index is 0.124. The highest BCUT2D eigenvalue weighted by atomic mass is 16.3. The van der Waals surface area contributed by atoms with E-state index in [9.17, 15) is 15.0 Å². The smallest absolute Gasteiger partial charge is 0.254 e. The van der Waals surface area contributed by atoms with Crippen molar-refractivity contribution in [2.75, 3.05) is 6.54 Å². The Hall–Kier alpha value is -0.610. The first kappa shape index (κ1) is 8.01. The Labute approximate surface area is 70.8 Å². The molecule has 0 aromatic carbocycles. The first-order valence-corrected chi connectivity index (χ1v) is 4.38. The molecule has 2 aliphatic heterocycles. The van der Waals surface area contributed by atoms with Crippen molar-refractivity contribution in [3.8, 4) is 0 Å². The van der Waals surface area contributed by atoms with E-state index in [0.717, 1.165) is 19.3 Å². The minimum atomic E-state index is -1.17. The van der Waals surface area contributed by atoms with Gasteiger partial charge in [-0.3, -0.25) is 4.79 Å². The van der Waals surface area contributed by atoms with Gasteiger partial charge in [0.2, 0.25) is 0 Å². The van der Waals surface area contributed by atoms with E-state index >= 15 is 0 Å². The van der Waals surface area contributed by atoms with Crippen LogP contribution in [0.4, 0.5) is 0 Å². The summed E-state index contributed by atoms with van der Waals surface area (Å²) < 4.78 is 0. The molecule has 2 saturated heterocycles. The summed E-state index contributed by atoms with van der Waals surface area (Å²) in [6.45, 7) is 0.692. The average Bonchev–Trinajstić information content (AvgIpc) is 2.33. The third-order valence-electron chi connectivity index (χ3n) is 2.80. The van der Waals surface area contributed by atoms with E-state index in [1.807, 2.05) is 0 Å². The molecule has 2 N–H and O–H groups in total.